The van der Waals surface area contributed by atoms with Crippen LogP contribution in [0.5, 0.6) is 0 Å². The Kier molecular flexibility index (Phi) is 5.29. The number of hydrogen-bond donors (Lipinski definition) is 2. The third-order valence-electron chi connectivity index (χ3n) is 4.51. The topological polar surface area (TPSA) is 87.0 Å². The van der Waals surface area contributed by atoms with Crippen LogP contribution in [0.2, 0.25) is 0 Å². The molecule has 1 heterocycles. The predicted molar refractivity (Wildman–Crippen MR) is 118 cm³/mol. The molecule has 0 saturated heterocycles. The number of carbonyl (C=O) groups excluding carboxylic acids is 1. The summed E-state index contributed by atoms with van der Waals surface area (Å²) in [4.78, 5) is 19.7. The van der Waals surface area contributed by atoms with Crippen molar-refractivity contribution in [3.63, 3.8) is 0 Å². The maximum absolute atomic E-state index is 13.2. The van der Waals surface area contributed by atoms with Gasteiger partial charge in [0.05, 0.1) is 10.6 Å². The van der Waals surface area contributed by atoms with Gasteiger partial charge in [-0.3, -0.25) is 14.2 Å². The van der Waals surface area contributed by atoms with Gasteiger partial charge in [0.15, 0.2) is 0 Å². The van der Waals surface area contributed by atoms with Gasteiger partial charge >= 0.3 is 0 Å². The number of amides is 1. The van der Waals surface area contributed by atoms with Gasteiger partial charge in [-0.1, -0.05) is 48.5 Å². The SMILES string of the molecule is O=C1C(=Cc2ccccc2S)N=C(c2ccccc2)N1c1ccc(S(=O)(=O)O)cc1. The molecule has 4 rings (SSSR count). The van der Waals surface area contributed by atoms with Gasteiger partial charge in [-0.05, 0) is 42.0 Å². The Morgan fingerprint density at radius 1 is 0.900 bits per heavy atom. The van der Waals surface area contributed by atoms with Gasteiger partial charge in [-0.15, -0.1) is 12.6 Å². The van der Waals surface area contributed by atoms with Crippen molar-refractivity contribution in [1.29, 1.82) is 0 Å². The lowest BCUT2D eigenvalue weighted by Gasteiger charge is -2.18. The van der Waals surface area contributed by atoms with Crippen molar-refractivity contribution in [3.05, 3.63) is 95.7 Å². The van der Waals surface area contributed by atoms with Crippen molar-refractivity contribution < 1.29 is 17.8 Å². The van der Waals surface area contributed by atoms with Crippen molar-refractivity contribution in [1.82, 2.24) is 0 Å². The highest BCUT2D eigenvalue weighted by Crippen LogP contribution is 2.29. The van der Waals surface area contributed by atoms with Crippen LogP contribution in [0.15, 0.2) is 99.3 Å². The molecular formula is C22H16N2O4S2. The molecule has 3 aromatic rings. The normalized spacial score (nSPS) is 15.5. The number of benzene rings is 3. The van der Waals surface area contributed by atoms with E-state index in [2.05, 4.69) is 17.6 Å². The highest BCUT2D eigenvalue weighted by molar-refractivity contribution is 7.85. The number of anilines is 1. The van der Waals surface area contributed by atoms with E-state index >= 15 is 0 Å². The summed E-state index contributed by atoms with van der Waals surface area (Å²) < 4.78 is 31.9. The van der Waals surface area contributed by atoms with Gasteiger partial charge in [0.25, 0.3) is 16.0 Å². The standard InChI is InChI=1S/C22H16N2O4S2/c25-22-19(14-16-8-4-5-9-20(16)29)23-21(15-6-2-1-3-7-15)24(22)17-10-12-18(13-11-17)30(26,27)28/h1-14,29H,(H,26,27,28). The van der Waals surface area contributed by atoms with Gasteiger partial charge < -0.3 is 0 Å². The first-order valence-corrected chi connectivity index (χ1v) is 10.8. The molecule has 0 atom stereocenters. The smallest absolute Gasteiger partial charge is 0.282 e. The van der Waals surface area contributed by atoms with Crippen molar-refractivity contribution in [2.45, 2.75) is 9.79 Å². The van der Waals surface area contributed by atoms with Crippen LogP contribution >= 0.6 is 12.6 Å². The highest BCUT2D eigenvalue weighted by Gasteiger charge is 2.32. The van der Waals surface area contributed by atoms with E-state index in [1.165, 1.54) is 29.2 Å². The molecule has 1 aliphatic rings. The summed E-state index contributed by atoms with van der Waals surface area (Å²) in [6.07, 6.45) is 1.67. The Bertz CT molecular complexity index is 1280. The van der Waals surface area contributed by atoms with Gasteiger partial charge in [0, 0.05) is 10.5 Å². The highest BCUT2D eigenvalue weighted by atomic mass is 32.2. The summed E-state index contributed by atoms with van der Waals surface area (Å²) >= 11 is 4.42. The van der Waals surface area contributed by atoms with Gasteiger partial charge in [0.1, 0.15) is 11.5 Å². The van der Waals surface area contributed by atoms with Crippen LogP contribution in [0.4, 0.5) is 5.69 Å². The number of thiol groups is 1. The third-order valence-corrected chi connectivity index (χ3v) is 5.79. The lowest BCUT2D eigenvalue weighted by atomic mass is 10.1. The minimum absolute atomic E-state index is 0.231. The largest absolute Gasteiger partial charge is 0.294 e. The number of rotatable bonds is 4. The van der Waals surface area contributed by atoms with E-state index < -0.39 is 10.1 Å². The molecule has 0 aromatic heterocycles. The van der Waals surface area contributed by atoms with Crippen LogP contribution in [0.3, 0.4) is 0 Å². The molecule has 0 bridgehead atoms. The minimum atomic E-state index is -4.33. The molecule has 0 fully saturated rings. The lowest BCUT2D eigenvalue weighted by molar-refractivity contribution is -0.113. The molecule has 3 aromatic carbocycles. The Hall–Kier alpha value is -3.20. The first-order chi connectivity index (χ1) is 14.3. The fourth-order valence-corrected chi connectivity index (χ4v) is 3.77. The predicted octanol–water partition coefficient (Wildman–Crippen LogP) is 4.06. The molecule has 1 amide bonds. The molecule has 0 aliphatic carbocycles. The molecule has 0 spiro atoms. The molecule has 150 valence electrons. The molecule has 8 heteroatoms. The molecule has 1 aliphatic heterocycles. The average molecular weight is 437 g/mol. The van der Waals surface area contributed by atoms with E-state index in [1.54, 1.807) is 6.08 Å². The first-order valence-electron chi connectivity index (χ1n) is 8.90. The molecule has 0 saturated carbocycles. The lowest BCUT2D eigenvalue weighted by Crippen LogP contribution is -2.32. The summed E-state index contributed by atoms with van der Waals surface area (Å²) in [7, 11) is -4.33. The van der Waals surface area contributed by atoms with Crippen LogP contribution in [-0.2, 0) is 14.9 Å². The molecule has 0 unspecified atom stereocenters. The maximum atomic E-state index is 13.2. The van der Waals surface area contributed by atoms with Crippen molar-refractivity contribution in [3.8, 4) is 0 Å². The number of amidine groups is 1. The van der Waals surface area contributed by atoms with Crippen LogP contribution < -0.4 is 4.90 Å². The Morgan fingerprint density at radius 2 is 1.53 bits per heavy atom. The van der Waals surface area contributed by atoms with Crippen molar-refractivity contribution >= 4 is 46.3 Å². The Labute approximate surface area is 179 Å². The van der Waals surface area contributed by atoms with Crippen LogP contribution in [-0.4, -0.2) is 24.7 Å². The number of hydrogen-bond acceptors (Lipinski definition) is 5. The Morgan fingerprint density at radius 3 is 2.17 bits per heavy atom. The molecular weight excluding hydrogens is 420 g/mol. The summed E-state index contributed by atoms with van der Waals surface area (Å²) in [5.74, 6) is 0.0631. The Balaban J connectivity index is 1.82. The molecule has 0 radical (unpaired) electrons. The van der Waals surface area contributed by atoms with Crippen molar-refractivity contribution in [2.75, 3.05) is 4.90 Å². The fraction of sp³-hybridized carbons (Fsp3) is 0. The zero-order chi connectivity index (χ0) is 21.3. The van der Waals surface area contributed by atoms with E-state index in [9.17, 15) is 17.8 Å². The number of nitrogens with zero attached hydrogens (tertiary/aromatic N) is 2. The van der Waals surface area contributed by atoms with E-state index in [1.807, 2.05) is 54.6 Å². The van der Waals surface area contributed by atoms with E-state index in [-0.39, 0.29) is 16.5 Å². The van der Waals surface area contributed by atoms with E-state index in [0.717, 1.165) is 11.1 Å². The summed E-state index contributed by atoms with van der Waals surface area (Å²) in [6.45, 7) is 0. The number of aliphatic imine (C=N–C) groups is 1. The number of carbonyl (C=O) groups is 1. The molecule has 6 nitrogen and oxygen atoms in total. The second-order valence-corrected chi connectivity index (χ2v) is 8.40. The zero-order valence-corrected chi connectivity index (χ0v) is 17.2. The second-order valence-electron chi connectivity index (χ2n) is 6.50. The second kappa shape index (κ2) is 7.91. The first kappa shape index (κ1) is 20.1. The maximum Gasteiger partial charge on any atom is 0.294 e. The summed E-state index contributed by atoms with van der Waals surface area (Å²) in [6, 6.07) is 22.0. The van der Waals surface area contributed by atoms with E-state index in [4.69, 9.17) is 0 Å². The quantitative estimate of drug-likeness (QED) is 0.367. The van der Waals surface area contributed by atoms with Gasteiger partial charge in [-0.25, -0.2) is 4.99 Å². The van der Waals surface area contributed by atoms with Gasteiger partial charge in [0.2, 0.25) is 0 Å². The van der Waals surface area contributed by atoms with Crippen LogP contribution in [0.25, 0.3) is 6.08 Å². The van der Waals surface area contributed by atoms with Crippen LogP contribution in [0, 0.1) is 0 Å². The van der Waals surface area contributed by atoms with Gasteiger partial charge in [-0.2, -0.15) is 8.42 Å². The molecule has 30 heavy (non-hydrogen) atoms. The van der Waals surface area contributed by atoms with Crippen LogP contribution in [0.1, 0.15) is 11.1 Å². The van der Waals surface area contributed by atoms with E-state index in [0.29, 0.717) is 16.4 Å². The minimum Gasteiger partial charge on any atom is -0.282 e. The average Bonchev–Trinajstić information content (AvgIpc) is 3.06. The summed E-state index contributed by atoms with van der Waals surface area (Å²) in [5.41, 5.74) is 2.14. The monoisotopic (exact) mass is 436 g/mol. The molecule has 1 N–H and O–H groups in total. The van der Waals surface area contributed by atoms with Crippen molar-refractivity contribution in [2.24, 2.45) is 4.99 Å². The zero-order valence-electron chi connectivity index (χ0n) is 15.5. The summed E-state index contributed by atoms with van der Waals surface area (Å²) in [5, 5.41) is 0. The third kappa shape index (κ3) is 3.93. The fourth-order valence-electron chi connectivity index (χ4n) is 3.06.